The highest BCUT2D eigenvalue weighted by atomic mass is 19.4. The number of amides is 1. The van der Waals surface area contributed by atoms with Gasteiger partial charge in [-0.1, -0.05) is 0 Å². The molecular formula is C9H7F3N4O. The normalized spacial score (nSPS) is 11.7. The van der Waals surface area contributed by atoms with Crippen LogP contribution in [0.4, 0.5) is 13.2 Å². The summed E-state index contributed by atoms with van der Waals surface area (Å²) in [4.78, 5) is 21.9. The Hall–Kier alpha value is -2.12. The Kier molecular flexibility index (Phi) is 2.70. The van der Waals surface area contributed by atoms with Gasteiger partial charge >= 0.3 is 6.18 Å². The number of carbonyl (C=O) groups is 1. The molecule has 0 atom stereocenters. The number of fused-ring (bicyclic) bond motifs is 1. The van der Waals surface area contributed by atoms with Crippen molar-refractivity contribution in [2.75, 3.05) is 6.54 Å². The summed E-state index contributed by atoms with van der Waals surface area (Å²) in [5.74, 6) is -0.839. The lowest BCUT2D eigenvalue weighted by molar-refractivity contribution is -0.123. The van der Waals surface area contributed by atoms with Crippen LogP contribution in [0, 0.1) is 0 Å². The molecule has 2 heterocycles. The van der Waals surface area contributed by atoms with Gasteiger partial charge in [0.25, 0.3) is 5.91 Å². The molecule has 0 aromatic carbocycles. The van der Waals surface area contributed by atoms with Crippen molar-refractivity contribution in [1.82, 2.24) is 20.3 Å². The zero-order valence-electron chi connectivity index (χ0n) is 8.38. The van der Waals surface area contributed by atoms with Crippen molar-refractivity contribution < 1.29 is 18.0 Å². The van der Waals surface area contributed by atoms with Gasteiger partial charge in [-0.2, -0.15) is 13.2 Å². The Morgan fingerprint density at radius 3 is 2.76 bits per heavy atom. The van der Waals surface area contributed by atoms with Crippen LogP contribution in [-0.2, 0) is 0 Å². The Balaban J connectivity index is 2.20. The smallest absolute Gasteiger partial charge is 0.344 e. The van der Waals surface area contributed by atoms with E-state index in [1.54, 1.807) is 5.32 Å². The molecular weight excluding hydrogens is 237 g/mol. The number of nitrogens with one attached hydrogen (secondary N) is 2. The van der Waals surface area contributed by atoms with Gasteiger partial charge < -0.3 is 10.3 Å². The van der Waals surface area contributed by atoms with Crippen molar-refractivity contribution in [2.45, 2.75) is 6.18 Å². The maximum absolute atomic E-state index is 11.9. The molecule has 2 rings (SSSR count). The van der Waals surface area contributed by atoms with Crippen molar-refractivity contribution in [3.8, 4) is 0 Å². The monoisotopic (exact) mass is 244 g/mol. The van der Waals surface area contributed by atoms with Crippen LogP contribution in [0.1, 0.15) is 10.4 Å². The first-order valence-corrected chi connectivity index (χ1v) is 4.60. The van der Waals surface area contributed by atoms with Crippen molar-refractivity contribution in [3.05, 3.63) is 24.2 Å². The summed E-state index contributed by atoms with van der Waals surface area (Å²) >= 11 is 0. The first-order chi connectivity index (χ1) is 7.97. The molecule has 0 aliphatic rings. The maximum atomic E-state index is 11.9. The molecule has 0 unspecified atom stereocenters. The Bertz CT molecular complexity index is 548. The molecule has 2 N–H and O–H groups in total. The molecule has 5 nitrogen and oxygen atoms in total. The highest BCUT2D eigenvalue weighted by Crippen LogP contribution is 2.15. The van der Waals surface area contributed by atoms with E-state index in [-0.39, 0.29) is 11.1 Å². The highest BCUT2D eigenvalue weighted by Gasteiger charge is 2.28. The van der Waals surface area contributed by atoms with E-state index in [9.17, 15) is 18.0 Å². The lowest BCUT2D eigenvalue weighted by Crippen LogP contribution is -2.33. The second-order valence-electron chi connectivity index (χ2n) is 3.25. The van der Waals surface area contributed by atoms with Crippen LogP contribution in [0.2, 0.25) is 0 Å². The zero-order valence-corrected chi connectivity index (χ0v) is 8.38. The fourth-order valence-electron chi connectivity index (χ4n) is 1.30. The number of hydrogen-bond donors (Lipinski definition) is 2. The SMILES string of the molecule is O=C(NCC(F)(F)F)c1c[nH]c2nccnc12. The Morgan fingerprint density at radius 2 is 2.06 bits per heavy atom. The average Bonchev–Trinajstić information content (AvgIpc) is 2.68. The molecule has 0 radical (unpaired) electrons. The number of halogens is 3. The molecule has 17 heavy (non-hydrogen) atoms. The standard InChI is InChI=1S/C9H7F3N4O/c10-9(11,12)4-16-8(17)5-3-15-7-6(5)13-1-2-14-7/h1-3H,4H2,(H,14,15)(H,16,17). The second kappa shape index (κ2) is 4.04. The number of alkyl halides is 3. The first kappa shape index (κ1) is 11.4. The molecule has 90 valence electrons. The minimum atomic E-state index is -4.44. The summed E-state index contributed by atoms with van der Waals surface area (Å²) < 4.78 is 35.8. The van der Waals surface area contributed by atoms with Crippen molar-refractivity contribution >= 4 is 17.1 Å². The van der Waals surface area contributed by atoms with Gasteiger partial charge in [0.15, 0.2) is 5.65 Å². The number of H-pyrrole nitrogens is 1. The van der Waals surface area contributed by atoms with Crippen LogP contribution < -0.4 is 5.32 Å². The quantitative estimate of drug-likeness (QED) is 0.835. The molecule has 2 aromatic rings. The Labute approximate surface area is 93.1 Å². The van der Waals surface area contributed by atoms with E-state index in [1.165, 1.54) is 18.6 Å². The van der Waals surface area contributed by atoms with Crippen LogP contribution in [-0.4, -0.2) is 33.6 Å². The van der Waals surface area contributed by atoms with E-state index >= 15 is 0 Å². The fraction of sp³-hybridized carbons (Fsp3) is 0.222. The molecule has 1 amide bonds. The molecule has 0 saturated carbocycles. The zero-order chi connectivity index (χ0) is 12.5. The van der Waals surface area contributed by atoms with Gasteiger partial charge in [0.05, 0.1) is 5.56 Å². The lowest BCUT2D eigenvalue weighted by atomic mass is 10.3. The van der Waals surface area contributed by atoms with E-state index < -0.39 is 18.6 Å². The number of aromatic amines is 1. The van der Waals surface area contributed by atoms with E-state index in [0.717, 1.165) is 0 Å². The minimum absolute atomic E-state index is 0.0392. The fourth-order valence-corrected chi connectivity index (χ4v) is 1.30. The van der Waals surface area contributed by atoms with Gasteiger partial charge in [-0.15, -0.1) is 0 Å². The molecule has 0 saturated heterocycles. The molecule has 0 aliphatic carbocycles. The average molecular weight is 244 g/mol. The van der Waals surface area contributed by atoms with Crippen LogP contribution >= 0.6 is 0 Å². The summed E-state index contributed by atoms with van der Waals surface area (Å²) in [6.45, 7) is -1.38. The van der Waals surface area contributed by atoms with Crippen LogP contribution in [0.25, 0.3) is 11.2 Å². The topological polar surface area (TPSA) is 70.7 Å². The lowest BCUT2D eigenvalue weighted by Gasteiger charge is -2.07. The van der Waals surface area contributed by atoms with E-state index in [1.807, 2.05) is 0 Å². The van der Waals surface area contributed by atoms with Crippen molar-refractivity contribution in [2.24, 2.45) is 0 Å². The molecule has 0 aliphatic heterocycles. The van der Waals surface area contributed by atoms with Gasteiger partial charge in [-0.05, 0) is 0 Å². The number of nitrogens with zero attached hydrogens (tertiary/aromatic N) is 2. The first-order valence-electron chi connectivity index (χ1n) is 4.60. The summed E-state index contributed by atoms with van der Waals surface area (Å²) in [7, 11) is 0. The second-order valence-corrected chi connectivity index (χ2v) is 3.25. The number of carbonyl (C=O) groups excluding carboxylic acids is 1. The number of aromatic nitrogens is 3. The minimum Gasteiger partial charge on any atom is -0.344 e. The number of rotatable bonds is 2. The molecule has 2 aromatic heterocycles. The third kappa shape index (κ3) is 2.52. The third-order valence-corrected chi connectivity index (χ3v) is 2.00. The van der Waals surface area contributed by atoms with Gasteiger partial charge in [0.1, 0.15) is 12.1 Å². The van der Waals surface area contributed by atoms with Gasteiger partial charge in [-0.25, -0.2) is 4.98 Å². The van der Waals surface area contributed by atoms with Crippen molar-refractivity contribution in [3.63, 3.8) is 0 Å². The number of hydrogen-bond acceptors (Lipinski definition) is 3. The summed E-state index contributed by atoms with van der Waals surface area (Å²) in [6, 6.07) is 0. The largest absolute Gasteiger partial charge is 0.405 e. The van der Waals surface area contributed by atoms with Gasteiger partial charge in [-0.3, -0.25) is 9.78 Å². The van der Waals surface area contributed by atoms with Gasteiger partial charge in [0.2, 0.25) is 0 Å². The Morgan fingerprint density at radius 1 is 1.35 bits per heavy atom. The summed E-state index contributed by atoms with van der Waals surface area (Å²) in [6.07, 6.45) is -0.392. The van der Waals surface area contributed by atoms with Crippen molar-refractivity contribution in [1.29, 1.82) is 0 Å². The van der Waals surface area contributed by atoms with E-state index in [2.05, 4.69) is 15.0 Å². The molecule has 0 bridgehead atoms. The van der Waals surface area contributed by atoms with Crippen LogP contribution in [0.5, 0.6) is 0 Å². The predicted molar refractivity (Wildman–Crippen MR) is 52.3 cm³/mol. The summed E-state index contributed by atoms with van der Waals surface area (Å²) in [5.41, 5.74) is 0.634. The third-order valence-electron chi connectivity index (χ3n) is 2.00. The highest BCUT2D eigenvalue weighted by molar-refractivity contribution is 6.04. The van der Waals surface area contributed by atoms with Crippen LogP contribution in [0.15, 0.2) is 18.6 Å². The van der Waals surface area contributed by atoms with Crippen LogP contribution in [0.3, 0.4) is 0 Å². The molecule has 0 spiro atoms. The predicted octanol–water partition coefficient (Wildman–Crippen LogP) is 1.25. The van der Waals surface area contributed by atoms with E-state index in [4.69, 9.17) is 0 Å². The summed E-state index contributed by atoms with van der Waals surface area (Å²) in [5, 5.41) is 1.77. The van der Waals surface area contributed by atoms with Gasteiger partial charge in [0, 0.05) is 18.6 Å². The maximum Gasteiger partial charge on any atom is 0.405 e. The van der Waals surface area contributed by atoms with E-state index in [0.29, 0.717) is 5.65 Å². The molecule has 0 fully saturated rings. The molecule has 8 heteroatoms.